The second kappa shape index (κ2) is 9.33. The van der Waals surface area contributed by atoms with Gasteiger partial charge in [-0.2, -0.15) is 0 Å². The second-order valence-corrected chi connectivity index (χ2v) is 7.79. The Labute approximate surface area is 188 Å². The molecule has 0 radical (unpaired) electrons. The summed E-state index contributed by atoms with van der Waals surface area (Å²) in [4.78, 5) is 16.5. The molecule has 3 aromatic carbocycles. The van der Waals surface area contributed by atoms with Gasteiger partial charge in [-0.25, -0.2) is 9.37 Å². The molecule has 0 amide bonds. The van der Waals surface area contributed by atoms with Gasteiger partial charge in [0.2, 0.25) is 0 Å². The van der Waals surface area contributed by atoms with Crippen LogP contribution in [-0.2, 0) is 13.0 Å². The zero-order chi connectivity index (χ0) is 21.8. The number of Topliss-reactive ketones (excluding diaryl/α,β-unsaturated/α-hetero) is 1. The van der Waals surface area contributed by atoms with Crippen LogP contribution >= 0.6 is 23.2 Å². The van der Waals surface area contributed by atoms with E-state index in [2.05, 4.69) is 4.98 Å². The lowest BCUT2D eigenvalue weighted by atomic mass is 10.0. The van der Waals surface area contributed by atoms with E-state index < -0.39 is 5.82 Å². The van der Waals surface area contributed by atoms with Crippen molar-refractivity contribution in [3.63, 3.8) is 0 Å². The maximum Gasteiger partial charge on any atom is 0.167 e. The molecule has 0 unspecified atom stereocenters. The summed E-state index contributed by atoms with van der Waals surface area (Å²) in [6.45, 7) is 0.691. The fourth-order valence-electron chi connectivity index (χ4n) is 3.08. The number of ketones is 1. The second-order valence-electron chi connectivity index (χ2n) is 6.97. The molecule has 0 atom stereocenters. The summed E-state index contributed by atoms with van der Waals surface area (Å²) in [5.74, 6) is -0.108. The standard InChI is InChI=1S/C24H17Cl2FN2O2/c25-20-7-4-18(13-21(20)26)23(30)12-17-3-8-24(22(27)11-17)31-19-5-1-16(2-6-19)14-29-10-9-28-15-29/h1-11,13,15H,12,14H2. The van der Waals surface area contributed by atoms with Crippen molar-refractivity contribution in [3.8, 4) is 11.5 Å². The van der Waals surface area contributed by atoms with E-state index in [1.807, 2.05) is 22.9 Å². The highest BCUT2D eigenvalue weighted by Crippen LogP contribution is 2.27. The molecule has 0 aliphatic heterocycles. The zero-order valence-corrected chi connectivity index (χ0v) is 17.8. The molecule has 0 spiro atoms. The fourth-order valence-corrected chi connectivity index (χ4v) is 3.37. The van der Waals surface area contributed by atoms with Crippen molar-refractivity contribution in [2.24, 2.45) is 0 Å². The third kappa shape index (κ3) is 5.32. The molecule has 0 N–H and O–H groups in total. The largest absolute Gasteiger partial charge is 0.454 e. The summed E-state index contributed by atoms with van der Waals surface area (Å²) in [6, 6.07) is 16.6. The first-order valence-corrected chi connectivity index (χ1v) is 10.2. The number of ether oxygens (including phenoxy) is 1. The van der Waals surface area contributed by atoms with Crippen LogP contribution < -0.4 is 4.74 Å². The van der Waals surface area contributed by atoms with E-state index >= 15 is 0 Å². The topological polar surface area (TPSA) is 44.1 Å². The van der Waals surface area contributed by atoms with E-state index in [1.54, 1.807) is 42.9 Å². The number of benzene rings is 3. The Morgan fingerprint density at radius 1 is 0.968 bits per heavy atom. The van der Waals surface area contributed by atoms with Gasteiger partial charge in [0.25, 0.3) is 0 Å². The summed E-state index contributed by atoms with van der Waals surface area (Å²) in [6.07, 6.45) is 5.39. The van der Waals surface area contributed by atoms with Crippen LogP contribution in [0.4, 0.5) is 4.39 Å². The summed E-state index contributed by atoms with van der Waals surface area (Å²) < 4.78 is 22.2. The number of nitrogens with zero attached hydrogens (tertiary/aromatic N) is 2. The van der Waals surface area contributed by atoms with Crippen LogP contribution in [0.2, 0.25) is 10.0 Å². The van der Waals surface area contributed by atoms with Crippen LogP contribution in [0.1, 0.15) is 21.5 Å². The van der Waals surface area contributed by atoms with E-state index in [9.17, 15) is 9.18 Å². The van der Waals surface area contributed by atoms with Crippen LogP contribution in [0.25, 0.3) is 0 Å². The maximum atomic E-state index is 14.6. The average Bonchev–Trinajstić information content (AvgIpc) is 3.26. The molecule has 4 nitrogen and oxygen atoms in total. The van der Waals surface area contributed by atoms with Gasteiger partial charge in [0.15, 0.2) is 17.3 Å². The summed E-state index contributed by atoms with van der Waals surface area (Å²) >= 11 is 11.8. The Balaban J connectivity index is 1.41. The highest BCUT2D eigenvalue weighted by Gasteiger charge is 2.12. The van der Waals surface area contributed by atoms with Crippen LogP contribution in [0.3, 0.4) is 0 Å². The molecule has 4 aromatic rings. The van der Waals surface area contributed by atoms with Crippen molar-refractivity contribution in [3.05, 3.63) is 112 Å². The highest BCUT2D eigenvalue weighted by molar-refractivity contribution is 6.42. The predicted octanol–water partition coefficient (Wildman–Crippen LogP) is 6.60. The molecule has 0 saturated heterocycles. The van der Waals surface area contributed by atoms with Crippen LogP contribution in [0.5, 0.6) is 11.5 Å². The smallest absolute Gasteiger partial charge is 0.167 e. The minimum Gasteiger partial charge on any atom is -0.454 e. The Bertz CT molecular complexity index is 1210. The first-order valence-electron chi connectivity index (χ1n) is 9.47. The lowest BCUT2D eigenvalue weighted by Gasteiger charge is -2.10. The molecule has 156 valence electrons. The van der Waals surface area contributed by atoms with E-state index in [1.165, 1.54) is 18.2 Å². The van der Waals surface area contributed by atoms with Gasteiger partial charge in [0.05, 0.1) is 16.4 Å². The molecule has 0 fully saturated rings. The summed E-state index contributed by atoms with van der Waals surface area (Å²) in [5.41, 5.74) is 2.03. The van der Waals surface area contributed by atoms with Gasteiger partial charge in [-0.1, -0.05) is 41.4 Å². The fraction of sp³-hybridized carbons (Fsp3) is 0.0833. The molecular formula is C24H17Cl2FN2O2. The van der Waals surface area contributed by atoms with Crippen molar-refractivity contribution in [1.82, 2.24) is 9.55 Å². The van der Waals surface area contributed by atoms with Gasteiger partial charge in [-0.3, -0.25) is 4.79 Å². The monoisotopic (exact) mass is 454 g/mol. The van der Waals surface area contributed by atoms with E-state index in [-0.39, 0.29) is 18.0 Å². The van der Waals surface area contributed by atoms with Crippen molar-refractivity contribution in [2.45, 2.75) is 13.0 Å². The lowest BCUT2D eigenvalue weighted by molar-refractivity contribution is 0.0993. The molecule has 1 heterocycles. The first kappa shape index (κ1) is 21.1. The van der Waals surface area contributed by atoms with Gasteiger partial charge in [0.1, 0.15) is 5.75 Å². The van der Waals surface area contributed by atoms with Crippen LogP contribution in [0, 0.1) is 5.82 Å². The van der Waals surface area contributed by atoms with Crippen molar-refractivity contribution in [2.75, 3.05) is 0 Å². The molecule has 0 aliphatic carbocycles. The number of rotatable bonds is 7. The highest BCUT2D eigenvalue weighted by atomic mass is 35.5. The SMILES string of the molecule is O=C(Cc1ccc(Oc2ccc(Cn3ccnc3)cc2)c(F)c1)c1ccc(Cl)c(Cl)c1. The minimum absolute atomic E-state index is 0.0398. The molecule has 4 rings (SSSR count). The molecule has 0 saturated carbocycles. The number of carbonyl (C=O) groups excluding carboxylic acids is 1. The van der Waals surface area contributed by atoms with Crippen molar-refractivity contribution < 1.29 is 13.9 Å². The van der Waals surface area contributed by atoms with E-state index in [0.717, 1.165) is 5.56 Å². The predicted molar refractivity (Wildman–Crippen MR) is 119 cm³/mol. The molecule has 0 bridgehead atoms. The Hall–Kier alpha value is -3.15. The number of imidazole rings is 1. The van der Waals surface area contributed by atoms with Crippen molar-refractivity contribution in [1.29, 1.82) is 0 Å². The van der Waals surface area contributed by atoms with Crippen LogP contribution in [0.15, 0.2) is 79.4 Å². The van der Waals surface area contributed by atoms with Gasteiger partial charge in [0, 0.05) is 30.9 Å². The number of hydrogen-bond acceptors (Lipinski definition) is 3. The number of aromatic nitrogens is 2. The molecule has 7 heteroatoms. The summed E-state index contributed by atoms with van der Waals surface area (Å²) in [5, 5.41) is 0.680. The first-order chi connectivity index (χ1) is 15.0. The van der Waals surface area contributed by atoms with Gasteiger partial charge in [-0.05, 0) is 53.6 Å². The van der Waals surface area contributed by atoms with Gasteiger partial charge < -0.3 is 9.30 Å². The van der Waals surface area contributed by atoms with E-state index in [4.69, 9.17) is 27.9 Å². The lowest BCUT2D eigenvalue weighted by Crippen LogP contribution is -2.04. The molecular weight excluding hydrogens is 438 g/mol. The minimum atomic E-state index is -0.540. The van der Waals surface area contributed by atoms with Gasteiger partial charge in [-0.15, -0.1) is 0 Å². The Morgan fingerprint density at radius 3 is 2.42 bits per heavy atom. The number of carbonyl (C=O) groups is 1. The van der Waals surface area contributed by atoms with Crippen molar-refractivity contribution >= 4 is 29.0 Å². The molecule has 0 aliphatic rings. The zero-order valence-electron chi connectivity index (χ0n) is 16.3. The number of halogens is 3. The Morgan fingerprint density at radius 2 is 1.74 bits per heavy atom. The molecule has 31 heavy (non-hydrogen) atoms. The third-order valence-corrected chi connectivity index (χ3v) is 5.42. The normalized spacial score (nSPS) is 10.8. The van der Waals surface area contributed by atoms with Gasteiger partial charge >= 0.3 is 0 Å². The average molecular weight is 455 g/mol. The Kier molecular flexibility index (Phi) is 6.35. The van der Waals surface area contributed by atoms with E-state index in [0.29, 0.717) is 33.5 Å². The van der Waals surface area contributed by atoms with Crippen LogP contribution in [-0.4, -0.2) is 15.3 Å². The summed E-state index contributed by atoms with van der Waals surface area (Å²) in [7, 11) is 0. The molecule has 1 aromatic heterocycles. The number of hydrogen-bond donors (Lipinski definition) is 0. The quantitative estimate of drug-likeness (QED) is 0.295. The third-order valence-electron chi connectivity index (χ3n) is 4.68. The maximum absolute atomic E-state index is 14.6.